The van der Waals surface area contributed by atoms with E-state index in [-0.39, 0.29) is 62.2 Å². The van der Waals surface area contributed by atoms with Crippen molar-refractivity contribution in [1.29, 1.82) is 0 Å². The van der Waals surface area contributed by atoms with Crippen molar-refractivity contribution in [2.24, 2.45) is 39.8 Å². The molecule has 1 aliphatic heterocycles. The number of rotatable bonds is 36. The van der Waals surface area contributed by atoms with Gasteiger partial charge in [0.1, 0.15) is 60.4 Å². The Kier molecular flexibility index (Phi) is 32.4. The van der Waals surface area contributed by atoms with Gasteiger partial charge in [-0.1, -0.05) is 27.7 Å². The van der Waals surface area contributed by atoms with Crippen molar-refractivity contribution in [2.75, 3.05) is 42.7 Å². The maximum atomic E-state index is 14.4. The number of carbonyl (C=O) groups excluding carboxylic acids is 11. The van der Waals surface area contributed by atoms with Gasteiger partial charge in [0.25, 0.3) is 0 Å². The topological polar surface area (TPSA) is 511 Å². The van der Waals surface area contributed by atoms with Gasteiger partial charge in [-0.2, -0.15) is 50.5 Å². The number of nitrogens with zero attached hydrogens (tertiary/aromatic N) is 2. The van der Waals surface area contributed by atoms with Crippen molar-refractivity contribution in [2.45, 2.75) is 139 Å². The average molecular weight is 1210 g/mol. The predicted molar refractivity (Wildman–Crippen MR) is 300 cm³/mol. The van der Waals surface area contributed by atoms with Crippen LogP contribution in [-0.4, -0.2) is 212 Å². The van der Waals surface area contributed by atoms with Crippen LogP contribution >= 0.6 is 50.5 Å². The maximum Gasteiger partial charge on any atom is 0.328 e. The Morgan fingerprint density at radius 3 is 1.40 bits per heavy atom. The van der Waals surface area contributed by atoms with Gasteiger partial charge in [-0.25, -0.2) is 4.79 Å². The van der Waals surface area contributed by atoms with Crippen molar-refractivity contribution in [1.82, 2.24) is 52.8 Å². The summed E-state index contributed by atoms with van der Waals surface area (Å²) in [6, 6.07) is -16.1. The van der Waals surface area contributed by atoms with E-state index < -0.39 is 187 Å². The molecule has 80 heavy (non-hydrogen) atoms. The minimum Gasteiger partial charge on any atom is -0.481 e. The van der Waals surface area contributed by atoms with Gasteiger partial charge in [0.05, 0.1) is 19.1 Å². The third-order valence-electron chi connectivity index (χ3n) is 12.0. The molecule has 1 heterocycles. The fourth-order valence-corrected chi connectivity index (χ4v) is 8.44. The SMILES string of the molecule is CC(C)[C@H](N)C(=O)N[C@@H](CS)C(=O)N[C@@H](CS)C(=O)N[C@@H](CCCN=C(N)N)C(=O)N1CCC[C@H]1C(=O)N[C@H](C(=O)N[C@@H](CCC(N)=O)C(=O)N[C@@H](CC(=O)O)C(=O)N[C@@H](CS)C(=O)N[C@@H](CS)C(=O)N[C@@H](CO)C(=O)O)C(C)C. The van der Waals surface area contributed by atoms with E-state index >= 15 is 0 Å². The Balaban J connectivity index is 3.40. The summed E-state index contributed by atoms with van der Waals surface area (Å²) in [6.07, 6.45) is -1.71. The number of carboxylic acid groups (broad SMARTS) is 2. The molecule has 0 aromatic carbocycles. The molecular weight excluding hydrogens is 1130 g/mol. The summed E-state index contributed by atoms with van der Waals surface area (Å²) in [4.78, 5) is 176. The largest absolute Gasteiger partial charge is 0.481 e. The lowest BCUT2D eigenvalue weighted by atomic mass is 10.0. The Labute approximate surface area is 483 Å². The summed E-state index contributed by atoms with van der Waals surface area (Å²) in [5.74, 6) is -16.2. The van der Waals surface area contributed by atoms with Crippen LogP contribution in [0.15, 0.2) is 4.99 Å². The van der Waals surface area contributed by atoms with E-state index in [1.807, 2.05) is 5.32 Å². The lowest BCUT2D eigenvalue weighted by Crippen LogP contribution is -2.61. The van der Waals surface area contributed by atoms with Gasteiger partial charge in [0.2, 0.25) is 65.0 Å². The van der Waals surface area contributed by atoms with Crippen LogP contribution in [-0.2, 0) is 62.3 Å². The highest BCUT2D eigenvalue weighted by Crippen LogP contribution is 2.21. The van der Waals surface area contributed by atoms with Crippen molar-refractivity contribution < 1.29 is 77.6 Å². The number of primary amides is 1. The number of aliphatic imine (C=N–C) groups is 1. The molecule has 1 aliphatic rings. The van der Waals surface area contributed by atoms with Crippen LogP contribution in [0.5, 0.6) is 0 Å². The first-order valence-corrected chi connectivity index (χ1v) is 27.6. The molecule has 0 saturated carbocycles. The van der Waals surface area contributed by atoms with Gasteiger partial charge in [-0.3, -0.25) is 62.5 Å². The number of amides is 11. The highest BCUT2D eigenvalue weighted by Gasteiger charge is 2.41. The van der Waals surface area contributed by atoms with Crippen LogP contribution in [0, 0.1) is 11.8 Å². The standard InChI is InChI=1S/C45H77N15O16S4/c1-19(2)32(47)41(72)58-28(18-80)39(70)56-25(15-77)36(67)52-22(7-5-11-50-45(48)49)43(74)60-12-6-8-29(60)40(71)59-33(20(3)4)42(73)51-21(9-10-30(46)62)34(65)53-23(13-31(63)64)35(66)55-27(17-79)38(69)57-26(16-78)37(68)54-24(14-61)44(75)76/h19-29,32-33,61,77-80H,5-18,47H2,1-4H3,(H2,46,62)(H,51,73)(H,52,67)(H,53,65)(H,54,68)(H,55,66)(H,56,70)(H,57,69)(H,58,72)(H,59,71)(H,63,64)(H,75,76)(H4,48,49,50)/t21-,22-,23-,24-,25-,26-,27-,28-,29-,32-,33-/m0/s1. The van der Waals surface area contributed by atoms with E-state index in [1.165, 1.54) is 18.7 Å². The number of aliphatic hydroxyl groups is 1. The van der Waals surface area contributed by atoms with Crippen LogP contribution in [0.25, 0.3) is 0 Å². The third kappa shape index (κ3) is 24.2. The van der Waals surface area contributed by atoms with E-state index in [1.54, 1.807) is 13.8 Å². The number of likely N-dealkylation sites (tertiary alicyclic amines) is 1. The fourth-order valence-electron chi connectivity index (χ4n) is 7.42. The number of hydrogen-bond acceptors (Lipinski definition) is 20. The summed E-state index contributed by atoms with van der Waals surface area (Å²) in [7, 11) is 0. The summed E-state index contributed by atoms with van der Waals surface area (Å²) >= 11 is 16.4. The van der Waals surface area contributed by atoms with Crippen molar-refractivity contribution in [3.63, 3.8) is 0 Å². The van der Waals surface area contributed by atoms with Gasteiger partial charge in [0.15, 0.2) is 5.96 Å². The van der Waals surface area contributed by atoms with Crippen molar-refractivity contribution in [3.05, 3.63) is 0 Å². The summed E-state index contributed by atoms with van der Waals surface area (Å²) < 4.78 is 0. The van der Waals surface area contributed by atoms with E-state index in [9.17, 15) is 72.5 Å². The van der Waals surface area contributed by atoms with E-state index in [0.717, 1.165) is 0 Å². The van der Waals surface area contributed by atoms with Crippen LogP contribution < -0.4 is 70.8 Å². The van der Waals surface area contributed by atoms with E-state index in [4.69, 9.17) is 28.0 Å². The van der Waals surface area contributed by atoms with Gasteiger partial charge in [-0.15, -0.1) is 0 Å². The number of guanidine groups is 1. The molecule has 0 unspecified atom stereocenters. The molecule has 0 spiro atoms. The molecule has 11 amide bonds. The number of aliphatic hydroxyl groups excluding tert-OH is 1. The molecule has 0 radical (unpaired) electrons. The zero-order chi connectivity index (χ0) is 61.1. The monoisotopic (exact) mass is 1210 g/mol. The lowest BCUT2D eigenvalue weighted by molar-refractivity contribution is -0.143. The van der Waals surface area contributed by atoms with Crippen LogP contribution in [0.1, 0.15) is 72.6 Å². The minimum atomic E-state index is -1.97. The lowest BCUT2D eigenvalue weighted by Gasteiger charge is -2.31. The predicted octanol–water partition coefficient (Wildman–Crippen LogP) is -7.43. The smallest absolute Gasteiger partial charge is 0.328 e. The molecule has 0 aromatic rings. The second-order valence-corrected chi connectivity index (χ2v) is 20.4. The second-order valence-electron chi connectivity index (χ2n) is 19.0. The quantitative estimate of drug-likeness (QED) is 0.0120. The Bertz CT molecular complexity index is 2250. The molecule has 1 fully saturated rings. The molecule has 35 heteroatoms. The summed E-state index contributed by atoms with van der Waals surface area (Å²) in [5.41, 5.74) is 22.2. The third-order valence-corrected chi connectivity index (χ3v) is 13.5. The van der Waals surface area contributed by atoms with Crippen molar-refractivity contribution in [3.8, 4) is 0 Å². The number of carbonyl (C=O) groups is 13. The zero-order valence-corrected chi connectivity index (χ0v) is 48.1. The molecule has 452 valence electrons. The van der Waals surface area contributed by atoms with E-state index in [2.05, 4.69) is 98.0 Å². The Morgan fingerprint density at radius 2 is 0.988 bits per heavy atom. The van der Waals surface area contributed by atoms with Crippen LogP contribution in [0.4, 0.5) is 0 Å². The van der Waals surface area contributed by atoms with Gasteiger partial charge in [0, 0.05) is 42.5 Å². The van der Waals surface area contributed by atoms with Crippen LogP contribution in [0.3, 0.4) is 0 Å². The number of hydrogen-bond donors (Lipinski definition) is 20. The number of aliphatic carboxylic acids is 2. The molecule has 0 aliphatic carbocycles. The first kappa shape index (κ1) is 71.7. The number of nitrogens with one attached hydrogen (secondary N) is 9. The highest BCUT2D eigenvalue weighted by atomic mass is 32.1. The molecule has 0 bridgehead atoms. The Hall–Kier alpha value is -6.30. The first-order valence-electron chi connectivity index (χ1n) is 25.1. The number of carboxylic acids is 2. The van der Waals surface area contributed by atoms with Gasteiger partial charge < -0.3 is 91.0 Å². The van der Waals surface area contributed by atoms with Gasteiger partial charge >= 0.3 is 11.9 Å². The Morgan fingerprint density at radius 1 is 0.562 bits per heavy atom. The molecule has 20 N–H and O–H groups in total. The second kappa shape index (κ2) is 36.1. The maximum absolute atomic E-state index is 14.4. The average Bonchev–Trinajstić information content (AvgIpc) is 3.89. The molecule has 0 aromatic heterocycles. The summed E-state index contributed by atoms with van der Waals surface area (Å²) in [6.45, 7) is 5.52. The molecule has 1 rings (SSSR count). The normalized spacial score (nSPS) is 16.8. The van der Waals surface area contributed by atoms with E-state index in [0.29, 0.717) is 0 Å². The highest BCUT2D eigenvalue weighted by molar-refractivity contribution is 7.80. The minimum absolute atomic E-state index is 0.0118. The van der Waals surface area contributed by atoms with Gasteiger partial charge in [-0.05, 0) is 43.9 Å². The molecule has 31 nitrogen and oxygen atoms in total. The van der Waals surface area contributed by atoms with Crippen LogP contribution in [0.2, 0.25) is 0 Å². The molecule has 11 atom stereocenters. The molecule has 1 saturated heterocycles. The zero-order valence-electron chi connectivity index (χ0n) is 44.5. The van der Waals surface area contributed by atoms with Crippen molar-refractivity contribution >= 4 is 133 Å². The first-order chi connectivity index (χ1) is 37.5. The number of nitrogens with two attached hydrogens (primary N) is 4. The fraction of sp³-hybridized carbons (Fsp3) is 0.689. The molecular formula is C45H77N15O16S4. The summed E-state index contributed by atoms with van der Waals surface area (Å²) in [5, 5.41) is 49.3. The number of thiol groups is 4.